The predicted octanol–water partition coefficient (Wildman–Crippen LogP) is 4.05. The number of hydrogen-bond donors (Lipinski definition) is 3. The van der Waals surface area contributed by atoms with Crippen molar-refractivity contribution >= 4 is 35.0 Å². The maximum absolute atomic E-state index is 12.3. The van der Waals surface area contributed by atoms with Crippen LogP contribution >= 0.6 is 11.6 Å². The molecule has 0 aliphatic rings. The van der Waals surface area contributed by atoms with Gasteiger partial charge in [-0.25, -0.2) is 0 Å². The number of amides is 3. The minimum Gasteiger partial charge on any atom is -0.484 e. The van der Waals surface area contributed by atoms with E-state index in [0.29, 0.717) is 27.6 Å². The van der Waals surface area contributed by atoms with E-state index in [1.165, 1.54) is 0 Å². The summed E-state index contributed by atoms with van der Waals surface area (Å²) in [5.74, 6) is -0.768. The van der Waals surface area contributed by atoms with E-state index in [-0.39, 0.29) is 12.5 Å². The number of halogens is 1. The molecule has 0 saturated carbocycles. The third-order valence-electron chi connectivity index (χ3n) is 4.50. The van der Waals surface area contributed by atoms with Crippen LogP contribution in [0.5, 0.6) is 5.75 Å². The van der Waals surface area contributed by atoms with Gasteiger partial charge >= 0.3 is 0 Å². The third-order valence-corrected chi connectivity index (χ3v) is 4.92. The van der Waals surface area contributed by atoms with Crippen LogP contribution in [0.3, 0.4) is 0 Å². The normalized spacial score (nSPS) is 10.2. The molecule has 0 spiro atoms. The summed E-state index contributed by atoms with van der Waals surface area (Å²) in [6.45, 7) is 3.47. The molecule has 0 fully saturated rings. The second kappa shape index (κ2) is 10.5. The SMILES string of the molecule is Cc1cccc(C(=O)Nc2ccc(C(=O)NNC(=O)COc3ccc(Cl)c(C)c3)cc2)c1. The Balaban J connectivity index is 1.47. The molecule has 0 unspecified atom stereocenters. The van der Waals surface area contributed by atoms with Crippen molar-refractivity contribution in [1.29, 1.82) is 0 Å². The Morgan fingerprint density at radius 2 is 1.59 bits per heavy atom. The lowest BCUT2D eigenvalue weighted by Crippen LogP contribution is -2.43. The van der Waals surface area contributed by atoms with Gasteiger partial charge in [0, 0.05) is 21.8 Å². The van der Waals surface area contributed by atoms with Gasteiger partial charge in [-0.15, -0.1) is 0 Å². The summed E-state index contributed by atoms with van der Waals surface area (Å²) >= 11 is 5.95. The number of hydrazine groups is 1. The van der Waals surface area contributed by atoms with Crippen LogP contribution in [0.4, 0.5) is 5.69 Å². The van der Waals surface area contributed by atoms with Crippen molar-refractivity contribution in [2.45, 2.75) is 13.8 Å². The number of carbonyl (C=O) groups excluding carboxylic acids is 3. The molecular weight excluding hydrogens is 430 g/mol. The molecule has 3 aromatic rings. The molecule has 0 saturated heterocycles. The van der Waals surface area contributed by atoms with Crippen molar-refractivity contribution in [2.24, 2.45) is 0 Å². The van der Waals surface area contributed by atoms with Crippen molar-refractivity contribution in [3.05, 3.63) is 94.0 Å². The molecule has 0 bridgehead atoms. The lowest BCUT2D eigenvalue weighted by atomic mass is 10.1. The van der Waals surface area contributed by atoms with Gasteiger partial charge < -0.3 is 10.1 Å². The fraction of sp³-hybridized carbons (Fsp3) is 0.125. The molecule has 0 aromatic heterocycles. The molecule has 0 radical (unpaired) electrons. The van der Waals surface area contributed by atoms with Crippen molar-refractivity contribution in [2.75, 3.05) is 11.9 Å². The van der Waals surface area contributed by atoms with E-state index in [1.54, 1.807) is 54.6 Å². The topological polar surface area (TPSA) is 96.5 Å². The van der Waals surface area contributed by atoms with Gasteiger partial charge in [-0.2, -0.15) is 0 Å². The Morgan fingerprint density at radius 1 is 0.844 bits per heavy atom. The molecule has 0 heterocycles. The largest absolute Gasteiger partial charge is 0.484 e. The highest BCUT2D eigenvalue weighted by atomic mass is 35.5. The second-order valence-electron chi connectivity index (χ2n) is 7.10. The highest BCUT2D eigenvalue weighted by Crippen LogP contribution is 2.20. The predicted molar refractivity (Wildman–Crippen MR) is 123 cm³/mol. The minimum absolute atomic E-state index is 0.242. The molecule has 32 heavy (non-hydrogen) atoms. The number of ether oxygens (including phenoxy) is 1. The fourth-order valence-electron chi connectivity index (χ4n) is 2.79. The van der Waals surface area contributed by atoms with E-state index in [9.17, 15) is 14.4 Å². The summed E-state index contributed by atoms with van der Waals surface area (Å²) in [6, 6.07) is 18.6. The maximum Gasteiger partial charge on any atom is 0.276 e. The van der Waals surface area contributed by atoms with Gasteiger partial charge in [-0.1, -0.05) is 29.3 Å². The smallest absolute Gasteiger partial charge is 0.276 e. The molecule has 8 heteroatoms. The lowest BCUT2D eigenvalue weighted by molar-refractivity contribution is -0.123. The summed E-state index contributed by atoms with van der Waals surface area (Å²) in [6.07, 6.45) is 0. The molecule has 3 rings (SSSR count). The first-order chi connectivity index (χ1) is 15.3. The van der Waals surface area contributed by atoms with Crippen LogP contribution in [0, 0.1) is 13.8 Å². The average Bonchev–Trinajstić information content (AvgIpc) is 2.78. The summed E-state index contributed by atoms with van der Waals surface area (Å²) < 4.78 is 5.38. The zero-order valence-electron chi connectivity index (χ0n) is 17.6. The van der Waals surface area contributed by atoms with E-state index in [0.717, 1.165) is 11.1 Å². The molecule has 0 atom stereocenters. The van der Waals surface area contributed by atoms with E-state index >= 15 is 0 Å². The number of rotatable bonds is 6. The molecule has 7 nitrogen and oxygen atoms in total. The summed E-state index contributed by atoms with van der Waals surface area (Å²) in [5.41, 5.74) is 7.83. The summed E-state index contributed by atoms with van der Waals surface area (Å²) in [4.78, 5) is 36.4. The summed E-state index contributed by atoms with van der Waals surface area (Å²) in [7, 11) is 0. The van der Waals surface area contributed by atoms with Crippen molar-refractivity contribution in [1.82, 2.24) is 10.9 Å². The van der Waals surface area contributed by atoms with Gasteiger partial charge in [0.1, 0.15) is 5.75 Å². The zero-order valence-corrected chi connectivity index (χ0v) is 18.3. The fourth-order valence-corrected chi connectivity index (χ4v) is 2.90. The number of nitrogens with one attached hydrogen (secondary N) is 3. The van der Waals surface area contributed by atoms with Crippen LogP contribution in [0.2, 0.25) is 5.02 Å². The van der Waals surface area contributed by atoms with E-state index in [4.69, 9.17) is 16.3 Å². The Morgan fingerprint density at radius 3 is 2.28 bits per heavy atom. The van der Waals surface area contributed by atoms with Gasteiger partial charge in [0.25, 0.3) is 17.7 Å². The maximum atomic E-state index is 12.3. The van der Waals surface area contributed by atoms with Crippen molar-refractivity contribution in [3.63, 3.8) is 0 Å². The van der Waals surface area contributed by atoms with Gasteiger partial charge in [0.15, 0.2) is 6.61 Å². The van der Waals surface area contributed by atoms with E-state index in [2.05, 4.69) is 16.2 Å². The molecule has 0 aliphatic heterocycles. The molecule has 0 aliphatic carbocycles. The van der Waals surface area contributed by atoms with Crippen LogP contribution in [-0.4, -0.2) is 24.3 Å². The Bertz CT molecular complexity index is 1150. The minimum atomic E-state index is -0.520. The van der Waals surface area contributed by atoms with Crippen LogP contribution < -0.4 is 20.9 Å². The summed E-state index contributed by atoms with van der Waals surface area (Å²) in [5, 5.41) is 3.38. The van der Waals surface area contributed by atoms with E-state index in [1.807, 2.05) is 26.0 Å². The van der Waals surface area contributed by atoms with Crippen LogP contribution in [-0.2, 0) is 4.79 Å². The highest BCUT2D eigenvalue weighted by molar-refractivity contribution is 6.31. The quantitative estimate of drug-likeness (QED) is 0.492. The number of benzene rings is 3. The zero-order chi connectivity index (χ0) is 23.1. The first-order valence-electron chi connectivity index (χ1n) is 9.78. The molecule has 3 N–H and O–H groups in total. The highest BCUT2D eigenvalue weighted by Gasteiger charge is 2.10. The Kier molecular flexibility index (Phi) is 7.46. The number of anilines is 1. The molecule has 3 amide bonds. The number of aryl methyl sites for hydroxylation is 2. The first kappa shape index (κ1) is 22.8. The van der Waals surface area contributed by atoms with Crippen LogP contribution in [0.1, 0.15) is 31.8 Å². The van der Waals surface area contributed by atoms with Crippen molar-refractivity contribution in [3.8, 4) is 5.75 Å². The van der Waals surface area contributed by atoms with Crippen LogP contribution in [0.25, 0.3) is 0 Å². The third kappa shape index (κ3) is 6.33. The van der Waals surface area contributed by atoms with Crippen LogP contribution in [0.15, 0.2) is 66.7 Å². The van der Waals surface area contributed by atoms with Gasteiger partial charge in [0.05, 0.1) is 0 Å². The number of carbonyl (C=O) groups is 3. The van der Waals surface area contributed by atoms with E-state index < -0.39 is 11.8 Å². The Hall–Kier alpha value is -3.84. The Labute approximate surface area is 190 Å². The standard InChI is InChI=1S/C24H22ClN3O4/c1-15-4-3-5-18(12-15)23(30)26-19-8-6-17(7-9-19)24(31)28-27-22(29)14-32-20-10-11-21(25)16(2)13-20/h3-13H,14H2,1-2H3,(H,26,30)(H,27,29)(H,28,31). The second-order valence-corrected chi connectivity index (χ2v) is 7.51. The number of hydrogen-bond acceptors (Lipinski definition) is 4. The monoisotopic (exact) mass is 451 g/mol. The lowest BCUT2D eigenvalue weighted by Gasteiger charge is -2.10. The van der Waals surface area contributed by atoms with Gasteiger partial charge in [0.2, 0.25) is 0 Å². The van der Waals surface area contributed by atoms with Gasteiger partial charge in [-0.05, 0) is 74.0 Å². The molecular formula is C24H22ClN3O4. The van der Waals surface area contributed by atoms with Gasteiger partial charge in [-0.3, -0.25) is 25.2 Å². The first-order valence-corrected chi connectivity index (χ1v) is 10.2. The molecule has 3 aromatic carbocycles. The average molecular weight is 452 g/mol. The van der Waals surface area contributed by atoms with Crippen molar-refractivity contribution < 1.29 is 19.1 Å². The molecule has 164 valence electrons.